The van der Waals surface area contributed by atoms with Gasteiger partial charge in [0.2, 0.25) is 0 Å². The standard InChI is InChI=1S/C7H11FO2S/c8-6-3-5(6)4(1-2-11)7(9)10/h4-6,11H,1-3H2,(H,9,10). The van der Waals surface area contributed by atoms with Gasteiger partial charge in [0.1, 0.15) is 6.17 Å². The zero-order valence-electron chi connectivity index (χ0n) is 6.03. The maximum Gasteiger partial charge on any atom is 0.306 e. The molecule has 0 aromatic heterocycles. The van der Waals surface area contributed by atoms with Crippen LogP contribution in [0, 0.1) is 11.8 Å². The molecule has 2 nitrogen and oxygen atoms in total. The van der Waals surface area contributed by atoms with Gasteiger partial charge in [0.25, 0.3) is 0 Å². The van der Waals surface area contributed by atoms with Gasteiger partial charge in [-0.25, -0.2) is 4.39 Å². The van der Waals surface area contributed by atoms with Crippen LogP contribution in [-0.2, 0) is 4.79 Å². The van der Waals surface area contributed by atoms with E-state index in [4.69, 9.17) is 5.11 Å². The molecule has 3 atom stereocenters. The summed E-state index contributed by atoms with van der Waals surface area (Å²) in [6.45, 7) is 0. The van der Waals surface area contributed by atoms with E-state index >= 15 is 0 Å². The molecule has 1 aliphatic rings. The molecule has 0 bridgehead atoms. The summed E-state index contributed by atoms with van der Waals surface area (Å²) in [5, 5.41) is 8.63. The van der Waals surface area contributed by atoms with Gasteiger partial charge in [-0.2, -0.15) is 12.6 Å². The van der Waals surface area contributed by atoms with Crippen LogP contribution in [0.5, 0.6) is 0 Å². The first-order chi connectivity index (χ1) is 5.16. The summed E-state index contributed by atoms with van der Waals surface area (Å²) in [6.07, 6.45) is 0.0184. The molecule has 0 spiro atoms. The van der Waals surface area contributed by atoms with Crippen molar-refractivity contribution in [3.63, 3.8) is 0 Å². The third-order valence-electron chi connectivity index (χ3n) is 2.03. The molecule has 1 aliphatic carbocycles. The second kappa shape index (κ2) is 3.43. The lowest BCUT2D eigenvalue weighted by Crippen LogP contribution is -2.17. The zero-order valence-corrected chi connectivity index (χ0v) is 6.93. The molecule has 3 unspecified atom stereocenters. The van der Waals surface area contributed by atoms with Gasteiger partial charge in [0.15, 0.2) is 0 Å². The van der Waals surface area contributed by atoms with E-state index in [0.717, 1.165) is 0 Å². The van der Waals surface area contributed by atoms with Gasteiger partial charge in [0.05, 0.1) is 5.92 Å². The number of carbonyl (C=O) groups is 1. The summed E-state index contributed by atoms with van der Waals surface area (Å²) in [5.41, 5.74) is 0. The normalized spacial score (nSPS) is 31.5. The molecule has 0 aromatic rings. The fourth-order valence-corrected chi connectivity index (χ4v) is 1.54. The first kappa shape index (κ1) is 8.84. The summed E-state index contributed by atoms with van der Waals surface area (Å²) in [7, 11) is 0. The van der Waals surface area contributed by atoms with E-state index in [9.17, 15) is 9.18 Å². The highest BCUT2D eigenvalue weighted by atomic mass is 32.1. The van der Waals surface area contributed by atoms with Gasteiger partial charge >= 0.3 is 5.97 Å². The second-order valence-electron chi connectivity index (χ2n) is 2.87. The first-order valence-corrected chi connectivity index (χ1v) is 4.27. The van der Waals surface area contributed by atoms with Crippen molar-refractivity contribution in [3.05, 3.63) is 0 Å². The monoisotopic (exact) mass is 178 g/mol. The molecule has 0 aromatic carbocycles. The van der Waals surface area contributed by atoms with Crippen LogP contribution in [0.15, 0.2) is 0 Å². The number of aliphatic carboxylic acids is 1. The van der Waals surface area contributed by atoms with E-state index in [-0.39, 0.29) is 5.92 Å². The molecule has 0 radical (unpaired) electrons. The molecule has 4 heteroatoms. The van der Waals surface area contributed by atoms with E-state index < -0.39 is 18.1 Å². The van der Waals surface area contributed by atoms with Crippen molar-refractivity contribution in [2.45, 2.75) is 19.0 Å². The maximum absolute atomic E-state index is 12.4. The molecule has 11 heavy (non-hydrogen) atoms. The Balaban J connectivity index is 2.40. The Morgan fingerprint density at radius 3 is 2.64 bits per heavy atom. The fourth-order valence-electron chi connectivity index (χ4n) is 1.26. The Labute approximate surface area is 70.2 Å². The first-order valence-electron chi connectivity index (χ1n) is 3.64. The van der Waals surface area contributed by atoms with Crippen molar-refractivity contribution in [1.29, 1.82) is 0 Å². The van der Waals surface area contributed by atoms with Crippen LogP contribution >= 0.6 is 12.6 Å². The second-order valence-corrected chi connectivity index (χ2v) is 3.32. The highest BCUT2D eigenvalue weighted by Crippen LogP contribution is 2.41. The third-order valence-corrected chi connectivity index (χ3v) is 2.29. The number of thiol groups is 1. The minimum atomic E-state index is -0.885. The molecule has 1 saturated carbocycles. The SMILES string of the molecule is O=C(O)C(CCS)C1CC1F. The van der Waals surface area contributed by atoms with E-state index in [1.165, 1.54) is 0 Å². The van der Waals surface area contributed by atoms with Crippen LogP contribution in [0.3, 0.4) is 0 Å². The van der Waals surface area contributed by atoms with E-state index in [1.54, 1.807) is 0 Å². The van der Waals surface area contributed by atoms with Crippen molar-refractivity contribution in [3.8, 4) is 0 Å². The molecule has 64 valence electrons. The Hall–Kier alpha value is -0.250. The van der Waals surface area contributed by atoms with Crippen molar-refractivity contribution in [2.24, 2.45) is 11.8 Å². The average molecular weight is 178 g/mol. The minimum absolute atomic E-state index is 0.236. The lowest BCUT2D eigenvalue weighted by molar-refractivity contribution is -0.142. The van der Waals surface area contributed by atoms with Crippen LogP contribution in [0.25, 0.3) is 0 Å². The van der Waals surface area contributed by atoms with E-state index in [1.807, 2.05) is 0 Å². The number of carboxylic acid groups (broad SMARTS) is 1. The van der Waals surface area contributed by atoms with Crippen molar-refractivity contribution < 1.29 is 14.3 Å². The lowest BCUT2D eigenvalue weighted by Gasteiger charge is -2.07. The van der Waals surface area contributed by atoms with Crippen molar-refractivity contribution in [2.75, 3.05) is 5.75 Å². The van der Waals surface area contributed by atoms with Gasteiger partial charge in [-0.15, -0.1) is 0 Å². The average Bonchev–Trinajstić information content (AvgIpc) is 2.61. The number of hydrogen-bond donors (Lipinski definition) is 2. The predicted octanol–water partition coefficient (Wildman–Crippen LogP) is 1.37. The van der Waals surface area contributed by atoms with Crippen molar-refractivity contribution >= 4 is 18.6 Å². The van der Waals surface area contributed by atoms with Crippen LogP contribution in [0.1, 0.15) is 12.8 Å². The molecule has 0 amide bonds. The van der Waals surface area contributed by atoms with Crippen molar-refractivity contribution in [1.82, 2.24) is 0 Å². The number of carboxylic acids is 1. The largest absolute Gasteiger partial charge is 0.481 e. The highest BCUT2D eigenvalue weighted by molar-refractivity contribution is 7.80. The molecule has 1 N–H and O–H groups in total. The molecule has 1 rings (SSSR count). The smallest absolute Gasteiger partial charge is 0.306 e. The molecule has 0 saturated heterocycles. The van der Waals surface area contributed by atoms with Gasteiger partial charge in [-0.3, -0.25) is 4.79 Å². The van der Waals surface area contributed by atoms with Gasteiger partial charge < -0.3 is 5.11 Å². The molecular formula is C7H11FO2S. The van der Waals surface area contributed by atoms with Crippen LogP contribution < -0.4 is 0 Å². The zero-order chi connectivity index (χ0) is 8.43. The summed E-state index contributed by atoms with van der Waals surface area (Å²) >= 11 is 3.92. The van der Waals surface area contributed by atoms with Gasteiger partial charge in [0, 0.05) is 5.92 Å². The van der Waals surface area contributed by atoms with E-state index in [2.05, 4.69) is 12.6 Å². The summed E-state index contributed by atoms with van der Waals surface area (Å²) in [4.78, 5) is 10.5. The Morgan fingerprint density at radius 2 is 2.36 bits per heavy atom. The Kier molecular flexibility index (Phi) is 2.76. The van der Waals surface area contributed by atoms with Crippen LogP contribution in [-0.4, -0.2) is 23.0 Å². The van der Waals surface area contributed by atoms with Crippen LogP contribution in [0.4, 0.5) is 4.39 Å². The lowest BCUT2D eigenvalue weighted by atomic mass is 10.0. The van der Waals surface area contributed by atoms with Gasteiger partial charge in [-0.1, -0.05) is 0 Å². The van der Waals surface area contributed by atoms with E-state index in [0.29, 0.717) is 18.6 Å². The Morgan fingerprint density at radius 1 is 1.82 bits per heavy atom. The number of alkyl halides is 1. The topological polar surface area (TPSA) is 37.3 Å². The Bertz CT molecular complexity index is 163. The molecule has 0 aliphatic heterocycles. The highest BCUT2D eigenvalue weighted by Gasteiger charge is 2.46. The van der Waals surface area contributed by atoms with Gasteiger partial charge in [-0.05, 0) is 18.6 Å². The maximum atomic E-state index is 12.4. The number of hydrogen-bond acceptors (Lipinski definition) is 2. The fraction of sp³-hybridized carbons (Fsp3) is 0.857. The summed E-state index contributed by atoms with van der Waals surface area (Å²) < 4.78 is 12.4. The molecule has 0 heterocycles. The number of halogens is 1. The summed E-state index contributed by atoms with van der Waals surface area (Å²) in [5.74, 6) is -1.12. The summed E-state index contributed by atoms with van der Waals surface area (Å²) in [6, 6.07) is 0. The van der Waals surface area contributed by atoms with Crippen LogP contribution in [0.2, 0.25) is 0 Å². The minimum Gasteiger partial charge on any atom is -0.481 e. The molecule has 1 fully saturated rings. The third kappa shape index (κ3) is 2.09. The number of rotatable bonds is 4. The predicted molar refractivity (Wildman–Crippen MR) is 42.6 cm³/mol. The molecular weight excluding hydrogens is 167 g/mol. The quantitative estimate of drug-likeness (QED) is 0.638.